The van der Waals surface area contributed by atoms with Gasteiger partial charge in [0.05, 0.1) is 47.4 Å². The monoisotopic (exact) mass is 364 g/mol. The highest BCUT2D eigenvalue weighted by Gasteiger charge is 2.19. The fourth-order valence-corrected chi connectivity index (χ4v) is 2.72. The molecule has 8 heteroatoms. The number of rotatable bonds is 5. The number of allylic oxidation sites excluding steroid dienone is 1. The van der Waals surface area contributed by atoms with Crippen molar-refractivity contribution in [1.82, 2.24) is 9.97 Å². The van der Waals surface area contributed by atoms with E-state index in [0.717, 1.165) is 11.1 Å². The van der Waals surface area contributed by atoms with Crippen molar-refractivity contribution in [2.45, 2.75) is 6.92 Å². The first-order chi connectivity index (χ1) is 13.0. The Balaban J connectivity index is 2.17. The molecule has 0 aliphatic carbocycles. The number of methoxy groups -OCH3 is 2. The van der Waals surface area contributed by atoms with E-state index in [1.807, 2.05) is 31.2 Å². The molecule has 1 aromatic heterocycles. The van der Waals surface area contributed by atoms with Gasteiger partial charge in [-0.3, -0.25) is 10.1 Å². The predicted octanol–water partition coefficient (Wildman–Crippen LogP) is 3.86. The number of aromatic nitrogens is 2. The number of benzene rings is 2. The van der Waals surface area contributed by atoms with Gasteiger partial charge >= 0.3 is 0 Å². The van der Waals surface area contributed by atoms with Crippen LogP contribution >= 0.6 is 0 Å². The predicted molar refractivity (Wildman–Crippen MR) is 101 cm³/mol. The first-order valence-electron chi connectivity index (χ1n) is 7.95. The van der Waals surface area contributed by atoms with Gasteiger partial charge in [0.15, 0.2) is 11.5 Å². The van der Waals surface area contributed by atoms with Crippen molar-refractivity contribution in [3.8, 4) is 17.6 Å². The van der Waals surface area contributed by atoms with Gasteiger partial charge in [-0.2, -0.15) is 5.26 Å². The molecule has 0 spiro atoms. The summed E-state index contributed by atoms with van der Waals surface area (Å²) >= 11 is 0. The number of ether oxygens (including phenoxy) is 2. The van der Waals surface area contributed by atoms with Gasteiger partial charge in [0.1, 0.15) is 11.9 Å². The second-order valence-corrected chi connectivity index (χ2v) is 5.80. The Morgan fingerprint density at radius 2 is 1.96 bits per heavy atom. The fourth-order valence-electron chi connectivity index (χ4n) is 2.72. The Bertz CT molecular complexity index is 1110. The molecule has 0 saturated heterocycles. The maximum atomic E-state index is 11.4. The molecule has 1 heterocycles. The number of aromatic amines is 1. The van der Waals surface area contributed by atoms with Crippen LogP contribution in [0.2, 0.25) is 0 Å². The quantitative estimate of drug-likeness (QED) is 0.418. The molecule has 1 N–H and O–H groups in total. The summed E-state index contributed by atoms with van der Waals surface area (Å²) in [4.78, 5) is 18.4. The molecule has 8 nitrogen and oxygen atoms in total. The topological polar surface area (TPSA) is 114 Å². The number of nitrogens with zero attached hydrogens (tertiary/aromatic N) is 3. The van der Waals surface area contributed by atoms with Crippen molar-refractivity contribution in [2.75, 3.05) is 14.2 Å². The Morgan fingerprint density at radius 3 is 2.59 bits per heavy atom. The second kappa shape index (κ2) is 7.17. The summed E-state index contributed by atoms with van der Waals surface area (Å²) in [6.07, 6.45) is 1.41. The number of aryl methyl sites for hydroxylation is 1. The van der Waals surface area contributed by atoms with Crippen molar-refractivity contribution in [2.24, 2.45) is 0 Å². The van der Waals surface area contributed by atoms with Crippen LogP contribution in [0.1, 0.15) is 17.0 Å². The summed E-state index contributed by atoms with van der Waals surface area (Å²) in [5.74, 6) is 0.896. The maximum Gasteiger partial charge on any atom is 0.280 e. The van der Waals surface area contributed by atoms with Crippen molar-refractivity contribution in [1.29, 1.82) is 5.26 Å². The van der Waals surface area contributed by atoms with Crippen molar-refractivity contribution in [3.05, 3.63) is 57.4 Å². The lowest BCUT2D eigenvalue weighted by atomic mass is 10.1. The lowest BCUT2D eigenvalue weighted by Crippen LogP contribution is -1.97. The number of nitrogens with one attached hydrogen (secondary N) is 1. The van der Waals surface area contributed by atoms with Gasteiger partial charge in [-0.15, -0.1) is 0 Å². The molecular weight excluding hydrogens is 348 g/mol. The Morgan fingerprint density at radius 1 is 1.26 bits per heavy atom. The number of nitro benzene ring substituents is 1. The minimum absolute atomic E-state index is 0.166. The van der Waals surface area contributed by atoms with E-state index < -0.39 is 4.92 Å². The van der Waals surface area contributed by atoms with E-state index in [-0.39, 0.29) is 22.6 Å². The van der Waals surface area contributed by atoms with Crippen LogP contribution in [0.3, 0.4) is 0 Å². The van der Waals surface area contributed by atoms with Crippen molar-refractivity contribution >= 4 is 28.4 Å². The summed E-state index contributed by atoms with van der Waals surface area (Å²) < 4.78 is 10.3. The van der Waals surface area contributed by atoms with E-state index in [1.165, 1.54) is 32.4 Å². The first-order valence-corrected chi connectivity index (χ1v) is 7.95. The van der Waals surface area contributed by atoms with Gasteiger partial charge in [0, 0.05) is 0 Å². The van der Waals surface area contributed by atoms with Gasteiger partial charge in [-0.05, 0) is 36.8 Å². The van der Waals surface area contributed by atoms with Crippen LogP contribution in [0.4, 0.5) is 5.69 Å². The average molecular weight is 364 g/mol. The third-order valence-electron chi connectivity index (χ3n) is 4.04. The molecule has 0 aliphatic heterocycles. The summed E-state index contributed by atoms with van der Waals surface area (Å²) in [6, 6.07) is 10.5. The molecule has 27 heavy (non-hydrogen) atoms. The summed E-state index contributed by atoms with van der Waals surface area (Å²) in [6.45, 7) is 1.95. The molecule has 0 aliphatic rings. The first kappa shape index (κ1) is 17.9. The van der Waals surface area contributed by atoms with E-state index in [9.17, 15) is 15.4 Å². The molecule has 3 aromatic rings. The fraction of sp³-hybridized carbons (Fsp3) is 0.158. The van der Waals surface area contributed by atoms with Crippen molar-refractivity contribution in [3.63, 3.8) is 0 Å². The zero-order chi connectivity index (χ0) is 19.6. The van der Waals surface area contributed by atoms with E-state index in [4.69, 9.17) is 9.47 Å². The van der Waals surface area contributed by atoms with Gasteiger partial charge < -0.3 is 14.5 Å². The van der Waals surface area contributed by atoms with Crippen LogP contribution in [0, 0.1) is 28.4 Å². The minimum Gasteiger partial charge on any atom is -0.493 e. The van der Waals surface area contributed by atoms with Gasteiger partial charge in [0.25, 0.3) is 5.69 Å². The minimum atomic E-state index is -0.537. The Kier molecular flexibility index (Phi) is 4.77. The van der Waals surface area contributed by atoms with Crippen LogP contribution in [0.25, 0.3) is 22.7 Å². The van der Waals surface area contributed by atoms with E-state index in [0.29, 0.717) is 17.1 Å². The Hall–Kier alpha value is -3.86. The lowest BCUT2D eigenvalue weighted by molar-refractivity contribution is -0.385. The van der Waals surface area contributed by atoms with Crippen LogP contribution in [0.5, 0.6) is 11.5 Å². The number of fused-ring (bicyclic) bond motifs is 1. The molecule has 0 bridgehead atoms. The van der Waals surface area contributed by atoms with Crippen LogP contribution in [-0.2, 0) is 0 Å². The molecule has 0 fully saturated rings. The zero-order valence-corrected chi connectivity index (χ0v) is 14.9. The second-order valence-electron chi connectivity index (χ2n) is 5.80. The van der Waals surface area contributed by atoms with Crippen LogP contribution in [-0.4, -0.2) is 29.1 Å². The third-order valence-corrected chi connectivity index (χ3v) is 4.04. The number of hydrogen-bond donors (Lipinski definition) is 1. The molecule has 136 valence electrons. The zero-order valence-electron chi connectivity index (χ0n) is 14.9. The van der Waals surface area contributed by atoms with E-state index in [1.54, 1.807) is 0 Å². The molecule has 0 unspecified atom stereocenters. The number of imidazole rings is 1. The standard InChI is InChI=1S/C19H16N4O4/c1-11-4-5-14-15(6-11)22-19(21-14)13(10-20)7-12-8-17(26-2)18(27-3)9-16(12)23(24)25/h4-9H,1-3H3,(H,21,22). The van der Waals surface area contributed by atoms with Crippen LogP contribution in [0.15, 0.2) is 30.3 Å². The number of hydrogen-bond acceptors (Lipinski definition) is 6. The molecule has 2 aromatic carbocycles. The highest BCUT2D eigenvalue weighted by atomic mass is 16.6. The highest BCUT2D eigenvalue weighted by Crippen LogP contribution is 2.36. The maximum absolute atomic E-state index is 11.4. The normalized spacial score (nSPS) is 11.3. The molecule has 0 saturated carbocycles. The van der Waals surface area contributed by atoms with E-state index in [2.05, 4.69) is 9.97 Å². The highest BCUT2D eigenvalue weighted by molar-refractivity contribution is 5.92. The SMILES string of the molecule is COc1cc(C=C(C#N)c2nc3ccc(C)cc3[nH]2)c([N+](=O)[O-])cc1OC. The van der Waals surface area contributed by atoms with Crippen molar-refractivity contribution < 1.29 is 14.4 Å². The number of nitriles is 1. The van der Waals surface area contributed by atoms with Gasteiger partial charge in [-0.25, -0.2) is 4.98 Å². The molecule has 0 amide bonds. The molecule has 0 atom stereocenters. The molecule has 0 radical (unpaired) electrons. The van der Waals surface area contributed by atoms with Gasteiger partial charge in [-0.1, -0.05) is 6.07 Å². The number of H-pyrrole nitrogens is 1. The molecular formula is C19H16N4O4. The third kappa shape index (κ3) is 3.43. The summed E-state index contributed by atoms with van der Waals surface area (Å²) in [7, 11) is 2.83. The van der Waals surface area contributed by atoms with Crippen LogP contribution < -0.4 is 9.47 Å². The number of nitro groups is 1. The summed E-state index contributed by atoms with van der Waals surface area (Å²) in [5, 5.41) is 21.0. The smallest absolute Gasteiger partial charge is 0.280 e. The molecule has 3 rings (SSSR count). The van der Waals surface area contributed by atoms with Gasteiger partial charge in [0.2, 0.25) is 0 Å². The van der Waals surface area contributed by atoms with E-state index >= 15 is 0 Å². The largest absolute Gasteiger partial charge is 0.493 e. The summed E-state index contributed by atoms with van der Waals surface area (Å²) in [5.41, 5.74) is 2.72. The Labute approximate surface area is 154 Å². The lowest BCUT2D eigenvalue weighted by Gasteiger charge is -2.09. The average Bonchev–Trinajstić information content (AvgIpc) is 3.07.